The number of aryl methyl sites for hydroxylation is 1. The predicted octanol–water partition coefficient (Wildman–Crippen LogP) is 3.69. The Morgan fingerprint density at radius 1 is 0.960 bits per heavy atom. The smallest absolute Gasteiger partial charge is 0.149 e. The van der Waals surface area contributed by atoms with Crippen molar-refractivity contribution in [1.82, 2.24) is 19.5 Å². The molecule has 2 heterocycles. The van der Waals surface area contributed by atoms with Crippen LogP contribution in [-0.2, 0) is 13.0 Å². The molecule has 5 nitrogen and oxygen atoms in total. The first-order valence-corrected chi connectivity index (χ1v) is 8.36. The van der Waals surface area contributed by atoms with Gasteiger partial charge in [0.15, 0.2) is 0 Å². The van der Waals surface area contributed by atoms with Crippen LogP contribution in [0.5, 0.6) is 0 Å². The molecule has 0 amide bonds. The van der Waals surface area contributed by atoms with Gasteiger partial charge in [0.1, 0.15) is 17.3 Å². The van der Waals surface area contributed by atoms with Crippen LogP contribution in [-0.4, -0.2) is 19.5 Å². The van der Waals surface area contributed by atoms with Gasteiger partial charge in [-0.2, -0.15) is 0 Å². The summed E-state index contributed by atoms with van der Waals surface area (Å²) in [4.78, 5) is 13.2. The number of rotatable bonds is 4. The zero-order chi connectivity index (χ0) is 17.2. The molecule has 4 aromatic rings. The molecular weight excluding hydrogens is 310 g/mol. The van der Waals surface area contributed by atoms with Crippen LogP contribution in [0.3, 0.4) is 0 Å². The third-order valence-corrected chi connectivity index (χ3v) is 4.34. The molecule has 124 valence electrons. The number of hydrogen-bond acceptors (Lipinski definition) is 4. The van der Waals surface area contributed by atoms with Crippen LogP contribution < -0.4 is 5.73 Å². The number of imidazole rings is 1. The van der Waals surface area contributed by atoms with Crippen molar-refractivity contribution in [2.75, 3.05) is 5.73 Å². The molecular formula is C20H19N5. The van der Waals surface area contributed by atoms with Crippen LogP contribution in [0, 0.1) is 0 Å². The summed E-state index contributed by atoms with van der Waals surface area (Å²) in [5.74, 6) is 1.55. The lowest BCUT2D eigenvalue weighted by Crippen LogP contribution is -2.04. The Morgan fingerprint density at radius 2 is 1.72 bits per heavy atom. The Morgan fingerprint density at radius 3 is 2.48 bits per heavy atom. The van der Waals surface area contributed by atoms with Crippen LogP contribution in [0.25, 0.3) is 22.3 Å². The number of nitrogen functional groups attached to an aromatic ring is 1. The van der Waals surface area contributed by atoms with Gasteiger partial charge in [0.25, 0.3) is 0 Å². The fourth-order valence-electron chi connectivity index (χ4n) is 3.09. The molecule has 0 aliphatic heterocycles. The zero-order valence-electron chi connectivity index (χ0n) is 14.1. The van der Waals surface area contributed by atoms with Crippen molar-refractivity contribution < 1.29 is 0 Å². The molecule has 0 aliphatic carbocycles. The molecule has 0 saturated carbocycles. The van der Waals surface area contributed by atoms with Crippen LogP contribution >= 0.6 is 0 Å². The zero-order valence-corrected chi connectivity index (χ0v) is 14.1. The summed E-state index contributed by atoms with van der Waals surface area (Å²) >= 11 is 0. The van der Waals surface area contributed by atoms with Crippen LogP contribution in [0.2, 0.25) is 0 Å². The minimum atomic E-state index is 0.448. The third kappa shape index (κ3) is 2.85. The van der Waals surface area contributed by atoms with Crippen molar-refractivity contribution in [2.24, 2.45) is 0 Å². The van der Waals surface area contributed by atoms with Crippen molar-refractivity contribution in [2.45, 2.75) is 19.9 Å². The lowest BCUT2D eigenvalue weighted by atomic mass is 10.1. The summed E-state index contributed by atoms with van der Waals surface area (Å²) in [5.41, 5.74) is 11.0. The van der Waals surface area contributed by atoms with E-state index in [-0.39, 0.29) is 0 Å². The Bertz CT molecular complexity index is 1020. The molecule has 0 fully saturated rings. The number of nitrogens with two attached hydrogens (primary N) is 1. The molecule has 2 N–H and O–H groups in total. The van der Waals surface area contributed by atoms with E-state index >= 15 is 0 Å². The van der Waals surface area contributed by atoms with Gasteiger partial charge in [0.2, 0.25) is 0 Å². The summed E-state index contributed by atoms with van der Waals surface area (Å²) in [6, 6.07) is 16.6. The van der Waals surface area contributed by atoms with E-state index in [0.29, 0.717) is 5.82 Å². The molecule has 0 bridgehead atoms. The second-order valence-electron chi connectivity index (χ2n) is 5.94. The maximum atomic E-state index is 5.91. The summed E-state index contributed by atoms with van der Waals surface area (Å²) in [6.45, 7) is 2.93. The first-order chi connectivity index (χ1) is 12.3. The number of hydrogen-bond donors (Lipinski definition) is 1. The number of aromatic nitrogens is 4. The Balaban J connectivity index is 1.67. The lowest BCUT2D eigenvalue weighted by Gasteiger charge is -2.09. The second-order valence-corrected chi connectivity index (χ2v) is 5.94. The minimum Gasteiger partial charge on any atom is -0.382 e. The van der Waals surface area contributed by atoms with Gasteiger partial charge in [0.05, 0.1) is 11.0 Å². The van der Waals surface area contributed by atoms with Crippen LogP contribution in [0.15, 0.2) is 60.9 Å². The van der Waals surface area contributed by atoms with Gasteiger partial charge in [-0.05, 0) is 17.7 Å². The van der Waals surface area contributed by atoms with Crippen LogP contribution in [0.4, 0.5) is 5.82 Å². The standard InChI is InChI=1S/C20H19N5/c1-2-18-24-16-5-3-4-6-17(16)25(18)13-14-7-9-15(10-8-14)19-20(21)23-12-11-22-19/h3-12H,2,13H2,1H3,(H2,21,23). The minimum absolute atomic E-state index is 0.448. The number of para-hydroxylation sites is 2. The van der Waals surface area contributed by atoms with Crippen molar-refractivity contribution in [3.63, 3.8) is 0 Å². The van der Waals surface area contributed by atoms with E-state index in [1.807, 2.05) is 18.2 Å². The van der Waals surface area contributed by atoms with E-state index in [2.05, 4.69) is 51.8 Å². The fourth-order valence-corrected chi connectivity index (χ4v) is 3.09. The fraction of sp³-hybridized carbons (Fsp3) is 0.150. The molecule has 5 heteroatoms. The number of benzene rings is 2. The summed E-state index contributed by atoms with van der Waals surface area (Å²) < 4.78 is 2.28. The van der Waals surface area contributed by atoms with E-state index in [1.165, 1.54) is 11.1 Å². The molecule has 4 rings (SSSR count). The van der Waals surface area contributed by atoms with E-state index in [0.717, 1.165) is 35.6 Å². The largest absolute Gasteiger partial charge is 0.382 e. The lowest BCUT2D eigenvalue weighted by molar-refractivity contribution is 0.753. The highest BCUT2D eigenvalue weighted by molar-refractivity contribution is 5.76. The molecule has 0 unspecified atom stereocenters. The topological polar surface area (TPSA) is 69.6 Å². The van der Waals surface area contributed by atoms with Gasteiger partial charge in [-0.1, -0.05) is 43.3 Å². The maximum Gasteiger partial charge on any atom is 0.149 e. The van der Waals surface area contributed by atoms with Crippen molar-refractivity contribution >= 4 is 16.9 Å². The monoisotopic (exact) mass is 329 g/mol. The van der Waals surface area contributed by atoms with E-state index in [4.69, 9.17) is 10.7 Å². The SMILES string of the molecule is CCc1nc2ccccc2n1Cc1ccc(-c2nccnc2N)cc1. The molecule has 0 saturated heterocycles. The van der Waals surface area contributed by atoms with Crippen molar-refractivity contribution in [3.8, 4) is 11.3 Å². The van der Waals surface area contributed by atoms with Gasteiger partial charge in [-0.25, -0.2) is 9.97 Å². The van der Waals surface area contributed by atoms with Gasteiger partial charge in [-0.3, -0.25) is 4.98 Å². The molecule has 0 atom stereocenters. The van der Waals surface area contributed by atoms with Gasteiger partial charge < -0.3 is 10.3 Å². The van der Waals surface area contributed by atoms with Gasteiger partial charge in [0, 0.05) is 30.9 Å². The predicted molar refractivity (Wildman–Crippen MR) is 100 cm³/mol. The molecule has 0 spiro atoms. The molecule has 0 radical (unpaired) electrons. The van der Waals surface area contributed by atoms with E-state index in [1.54, 1.807) is 12.4 Å². The van der Waals surface area contributed by atoms with Crippen molar-refractivity contribution in [3.05, 3.63) is 72.3 Å². The van der Waals surface area contributed by atoms with Crippen LogP contribution in [0.1, 0.15) is 18.3 Å². The highest BCUT2D eigenvalue weighted by atomic mass is 15.1. The summed E-state index contributed by atoms with van der Waals surface area (Å²) in [5, 5.41) is 0. The van der Waals surface area contributed by atoms with E-state index in [9.17, 15) is 0 Å². The number of nitrogens with zero attached hydrogens (tertiary/aromatic N) is 4. The highest BCUT2D eigenvalue weighted by Crippen LogP contribution is 2.23. The summed E-state index contributed by atoms with van der Waals surface area (Å²) in [7, 11) is 0. The Labute approximate surface area is 146 Å². The van der Waals surface area contributed by atoms with E-state index < -0.39 is 0 Å². The number of anilines is 1. The average Bonchev–Trinajstić information content (AvgIpc) is 3.01. The molecule has 2 aromatic carbocycles. The normalized spacial score (nSPS) is 11.1. The van der Waals surface area contributed by atoms with Gasteiger partial charge in [-0.15, -0.1) is 0 Å². The Hall–Kier alpha value is -3.21. The average molecular weight is 329 g/mol. The summed E-state index contributed by atoms with van der Waals surface area (Å²) in [6.07, 6.45) is 4.16. The third-order valence-electron chi connectivity index (χ3n) is 4.34. The number of fused-ring (bicyclic) bond motifs is 1. The highest BCUT2D eigenvalue weighted by Gasteiger charge is 2.10. The first-order valence-electron chi connectivity index (χ1n) is 8.36. The van der Waals surface area contributed by atoms with Gasteiger partial charge >= 0.3 is 0 Å². The maximum absolute atomic E-state index is 5.91. The second kappa shape index (κ2) is 6.36. The molecule has 0 aliphatic rings. The van der Waals surface area contributed by atoms with Crippen molar-refractivity contribution in [1.29, 1.82) is 0 Å². The first kappa shape index (κ1) is 15.3. The molecule has 2 aromatic heterocycles. The molecule has 25 heavy (non-hydrogen) atoms. The quantitative estimate of drug-likeness (QED) is 0.620. The Kier molecular flexibility index (Phi) is 3.90.